The second-order valence-electron chi connectivity index (χ2n) is 4.89. The van der Waals surface area contributed by atoms with Gasteiger partial charge in [0.05, 0.1) is 16.9 Å². The topological polar surface area (TPSA) is 98.7 Å². The second kappa shape index (κ2) is 5.85. The van der Waals surface area contributed by atoms with Crippen molar-refractivity contribution in [2.75, 3.05) is 5.32 Å². The summed E-state index contributed by atoms with van der Waals surface area (Å²) in [4.78, 5) is 16.7. The number of carbonyl (C=O) groups is 1. The maximum absolute atomic E-state index is 12.7. The van der Waals surface area contributed by atoms with Crippen molar-refractivity contribution in [3.05, 3.63) is 59.1 Å². The molecule has 2 aromatic carbocycles. The number of rotatable bonds is 3. The molecule has 2 aromatic heterocycles. The number of carbonyl (C=O) groups excluding carboxylic acids is 1. The van der Waals surface area contributed by atoms with Crippen LogP contribution in [0.5, 0.6) is 0 Å². The molecule has 8 nitrogen and oxygen atoms in total. The summed E-state index contributed by atoms with van der Waals surface area (Å²) in [6, 6.07) is 10.5. The van der Waals surface area contributed by atoms with Crippen LogP contribution in [0.4, 0.5) is 5.69 Å². The lowest BCUT2D eigenvalue weighted by Crippen LogP contribution is -2.15. The number of amides is 1. The summed E-state index contributed by atoms with van der Waals surface area (Å²) >= 11 is 3.40. The van der Waals surface area contributed by atoms with Crippen molar-refractivity contribution in [1.29, 1.82) is 0 Å². The molecular weight excluding hydrogens is 376 g/mol. The van der Waals surface area contributed by atoms with Gasteiger partial charge in [0, 0.05) is 4.47 Å². The highest BCUT2D eigenvalue weighted by Crippen LogP contribution is 2.23. The number of benzene rings is 2. The van der Waals surface area contributed by atoms with Gasteiger partial charge in [0.2, 0.25) is 0 Å². The van der Waals surface area contributed by atoms with Crippen LogP contribution >= 0.6 is 15.9 Å². The molecule has 118 valence electrons. The lowest BCUT2D eigenvalue weighted by Gasteiger charge is -2.10. The number of hydrogen-bond acceptors (Lipinski definition) is 6. The van der Waals surface area contributed by atoms with Crippen LogP contribution in [0.25, 0.3) is 16.7 Å². The number of fused-ring (bicyclic) bond motifs is 1. The molecule has 0 spiro atoms. The highest BCUT2D eigenvalue weighted by molar-refractivity contribution is 9.10. The average Bonchev–Trinajstić information content (AvgIpc) is 3.26. The normalized spacial score (nSPS) is 10.9. The van der Waals surface area contributed by atoms with Gasteiger partial charge in [0.15, 0.2) is 5.52 Å². The molecule has 0 bridgehead atoms. The van der Waals surface area contributed by atoms with Crippen LogP contribution in [0.2, 0.25) is 0 Å². The molecule has 0 saturated carbocycles. The third-order valence-electron chi connectivity index (χ3n) is 3.40. The molecule has 0 unspecified atom stereocenters. The highest BCUT2D eigenvalue weighted by atomic mass is 79.9. The van der Waals surface area contributed by atoms with Gasteiger partial charge in [-0.25, -0.2) is 14.3 Å². The van der Waals surface area contributed by atoms with E-state index in [1.165, 1.54) is 17.3 Å². The average molecular weight is 385 g/mol. The SMILES string of the molecule is O=C(Nc1cccc2nonc12)c1ccc(Br)cc1-n1cncn1. The zero-order valence-electron chi connectivity index (χ0n) is 12.0. The maximum Gasteiger partial charge on any atom is 0.257 e. The third kappa shape index (κ3) is 2.54. The van der Waals surface area contributed by atoms with Crippen molar-refractivity contribution in [2.24, 2.45) is 0 Å². The quantitative estimate of drug-likeness (QED) is 0.582. The first-order valence-corrected chi connectivity index (χ1v) is 7.69. The van der Waals surface area contributed by atoms with Crippen LogP contribution in [-0.2, 0) is 0 Å². The number of anilines is 1. The van der Waals surface area contributed by atoms with Gasteiger partial charge >= 0.3 is 0 Å². The van der Waals surface area contributed by atoms with Gasteiger partial charge in [-0.15, -0.1) is 0 Å². The predicted molar refractivity (Wildman–Crippen MR) is 88.8 cm³/mol. The van der Waals surface area contributed by atoms with Crippen molar-refractivity contribution in [3.8, 4) is 5.69 Å². The minimum absolute atomic E-state index is 0.302. The molecule has 4 aromatic rings. The third-order valence-corrected chi connectivity index (χ3v) is 3.90. The summed E-state index contributed by atoms with van der Waals surface area (Å²) in [6.45, 7) is 0. The van der Waals surface area contributed by atoms with E-state index < -0.39 is 0 Å². The van der Waals surface area contributed by atoms with E-state index in [0.717, 1.165) is 4.47 Å². The number of hydrogen-bond donors (Lipinski definition) is 1. The summed E-state index contributed by atoms with van der Waals surface area (Å²) in [5, 5.41) is 14.5. The van der Waals surface area contributed by atoms with Crippen molar-refractivity contribution < 1.29 is 9.42 Å². The van der Waals surface area contributed by atoms with Crippen molar-refractivity contribution in [2.45, 2.75) is 0 Å². The van der Waals surface area contributed by atoms with Crippen molar-refractivity contribution in [3.63, 3.8) is 0 Å². The number of nitrogens with one attached hydrogen (secondary N) is 1. The van der Waals surface area contributed by atoms with Gasteiger partial charge in [0.1, 0.15) is 18.2 Å². The smallest absolute Gasteiger partial charge is 0.257 e. The molecular formula is C15H9BrN6O2. The molecule has 9 heteroatoms. The van der Waals surface area contributed by atoms with Gasteiger partial charge < -0.3 is 5.32 Å². The molecule has 0 fully saturated rings. The van der Waals surface area contributed by atoms with Crippen LogP contribution in [0.1, 0.15) is 10.4 Å². The molecule has 1 N–H and O–H groups in total. The van der Waals surface area contributed by atoms with E-state index in [0.29, 0.717) is 28.0 Å². The first-order chi connectivity index (χ1) is 11.7. The fourth-order valence-corrected chi connectivity index (χ4v) is 2.66. The van der Waals surface area contributed by atoms with Gasteiger partial charge in [-0.1, -0.05) is 22.0 Å². The van der Waals surface area contributed by atoms with Crippen molar-refractivity contribution >= 4 is 38.6 Å². The summed E-state index contributed by atoms with van der Waals surface area (Å²) in [5.74, 6) is -0.302. The fourth-order valence-electron chi connectivity index (χ4n) is 2.32. The lowest BCUT2D eigenvalue weighted by molar-refractivity contribution is 0.102. The lowest BCUT2D eigenvalue weighted by atomic mass is 10.1. The van der Waals surface area contributed by atoms with E-state index in [1.54, 1.807) is 36.4 Å². The van der Waals surface area contributed by atoms with E-state index in [2.05, 4.69) is 41.6 Å². The minimum Gasteiger partial charge on any atom is -0.320 e. The molecule has 0 saturated heterocycles. The van der Waals surface area contributed by atoms with E-state index >= 15 is 0 Å². The monoisotopic (exact) mass is 384 g/mol. The Morgan fingerprint density at radius 2 is 2.12 bits per heavy atom. The Morgan fingerprint density at radius 1 is 1.21 bits per heavy atom. The zero-order valence-corrected chi connectivity index (χ0v) is 13.6. The first-order valence-electron chi connectivity index (χ1n) is 6.89. The number of aromatic nitrogens is 5. The Hall–Kier alpha value is -3.07. The van der Waals surface area contributed by atoms with Gasteiger partial charge in [0.25, 0.3) is 5.91 Å². The standard InChI is InChI=1S/C15H9BrN6O2/c16-9-4-5-10(13(6-9)22-8-17-7-18-22)15(23)19-11-2-1-3-12-14(11)21-24-20-12/h1-8H,(H,19,23). The molecule has 0 atom stereocenters. The predicted octanol–water partition coefficient (Wildman–Crippen LogP) is 2.82. The molecule has 0 aliphatic rings. The van der Waals surface area contributed by atoms with Gasteiger partial charge in [-0.05, 0) is 40.6 Å². The van der Waals surface area contributed by atoms with Crippen LogP contribution in [0, 0.1) is 0 Å². The molecule has 2 heterocycles. The zero-order chi connectivity index (χ0) is 16.5. The van der Waals surface area contributed by atoms with E-state index in [1.807, 2.05) is 0 Å². The summed E-state index contributed by atoms with van der Waals surface area (Å²) in [5.41, 5.74) is 2.62. The Kier molecular flexibility index (Phi) is 3.54. The summed E-state index contributed by atoms with van der Waals surface area (Å²) in [7, 11) is 0. The van der Waals surface area contributed by atoms with E-state index in [-0.39, 0.29) is 5.91 Å². The largest absolute Gasteiger partial charge is 0.320 e. The fraction of sp³-hybridized carbons (Fsp3) is 0. The first kappa shape index (κ1) is 14.5. The van der Waals surface area contributed by atoms with Gasteiger partial charge in [-0.3, -0.25) is 4.79 Å². The Labute approximate surface area is 143 Å². The number of halogens is 1. The molecule has 0 radical (unpaired) electrons. The number of nitrogens with zero attached hydrogens (tertiary/aromatic N) is 5. The Bertz CT molecular complexity index is 1030. The van der Waals surface area contributed by atoms with Crippen LogP contribution in [-0.4, -0.2) is 31.0 Å². The van der Waals surface area contributed by atoms with Crippen LogP contribution < -0.4 is 5.32 Å². The molecule has 0 aliphatic carbocycles. The molecule has 24 heavy (non-hydrogen) atoms. The van der Waals surface area contributed by atoms with Crippen LogP contribution in [0.15, 0.2) is 58.2 Å². The Balaban J connectivity index is 1.74. The summed E-state index contributed by atoms with van der Waals surface area (Å²) < 4.78 is 7.06. The highest BCUT2D eigenvalue weighted by Gasteiger charge is 2.16. The van der Waals surface area contributed by atoms with E-state index in [9.17, 15) is 4.79 Å². The van der Waals surface area contributed by atoms with E-state index in [4.69, 9.17) is 4.63 Å². The van der Waals surface area contributed by atoms with Crippen molar-refractivity contribution in [1.82, 2.24) is 25.1 Å². The minimum atomic E-state index is -0.302. The second-order valence-corrected chi connectivity index (χ2v) is 5.81. The van der Waals surface area contributed by atoms with Gasteiger partial charge in [-0.2, -0.15) is 5.10 Å². The maximum atomic E-state index is 12.7. The Morgan fingerprint density at radius 3 is 2.96 bits per heavy atom. The molecule has 1 amide bonds. The molecule has 0 aliphatic heterocycles. The molecule has 4 rings (SSSR count). The van der Waals surface area contributed by atoms with Crippen LogP contribution in [0.3, 0.4) is 0 Å². The summed E-state index contributed by atoms with van der Waals surface area (Å²) in [6.07, 6.45) is 2.94.